The third-order valence-electron chi connectivity index (χ3n) is 3.65. The maximum atomic E-state index is 12.0. The Morgan fingerprint density at radius 3 is 2.81 bits per heavy atom. The molecule has 3 rings (SSSR count). The Morgan fingerprint density at radius 2 is 2.25 bits per heavy atom. The van der Waals surface area contributed by atoms with Gasteiger partial charge < -0.3 is 10.6 Å². The van der Waals surface area contributed by atoms with Crippen LogP contribution in [0.25, 0.3) is 0 Å². The first-order valence-electron chi connectivity index (χ1n) is 5.68. The zero-order valence-corrected chi connectivity index (χ0v) is 9.53. The lowest BCUT2D eigenvalue weighted by Crippen LogP contribution is -2.32. The third kappa shape index (κ3) is 1.43. The number of rotatable bonds is 2. The van der Waals surface area contributed by atoms with Crippen LogP contribution >= 0.6 is 0 Å². The normalized spacial score (nSPS) is 31.2. The molecule has 1 aromatic heterocycles. The maximum absolute atomic E-state index is 12.0. The van der Waals surface area contributed by atoms with Crippen LogP contribution in [0.2, 0.25) is 0 Å². The van der Waals surface area contributed by atoms with Crippen molar-refractivity contribution in [3.63, 3.8) is 0 Å². The van der Waals surface area contributed by atoms with Crippen molar-refractivity contribution in [2.75, 3.05) is 13.1 Å². The van der Waals surface area contributed by atoms with Gasteiger partial charge in [0.1, 0.15) is 0 Å². The number of hydrogen-bond donors (Lipinski definition) is 2. The molecule has 86 valence electrons. The third-order valence-corrected chi connectivity index (χ3v) is 3.65. The van der Waals surface area contributed by atoms with Crippen molar-refractivity contribution >= 4 is 5.91 Å². The average Bonchev–Trinajstić information content (AvgIpc) is 2.66. The molecule has 0 aromatic carbocycles. The van der Waals surface area contributed by atoms with Crippen molar-refractivity contribution < 1.29 is 4.79 Å². The zero-order valence-electron chi connectivity index (χ0n) is 9.53. The minimum Gasteiger partial charge on any atom is -0.349 e. The van der Waals surface area contributed by atoms with E-state index in [1.807, 2.05) is 14.0 Å². The van der Waals surface area contributed by atoms with Crippen LogP contribution in [0, 0.1) is 18.8 Å². The molecule has 2 atom stereocenters. The van der Waals surface area contributed by atoms with Crippen LogP contribution in [0.5, 0.6) is 0 Å². The second-order valence-electron chi connectivity index (χ2n) is 4.79. The van der Waals surface area contributed by atoms with Crippen LogP contribution in [-0.4, -0.2) is 34.8 Å². The Kier molecular flexibility index (Phi) is 2.04. The number of aryl methyl sites for hydroxylation is 2. The van der Waals surface area contributed by atoms with Crippen LogP contribution in [0.1, 0.15) is 16.1 Å². The summed E-state index contributed by atoms with van der Waals surface area (Å²) in [6.45, 7) is 3.95. The molecule has 1 saturated heterocycles. The topological polar surface area (TPSA) is 59.0 Å². The highest BCUT2D eigenvalue weighted by atomic mass is 16.1. The van der Waals surface area contributed by atoms with Gasteiger partial charge in [-0.1, -0.05) is 0 Å². The molecule has 1 aliphatic heterocycles. The van der Waals surface area contributed by atoms with E-state index >= 15 is 0 Å². The van der Waals surface area contributed by atoms with Gasteiger partial charge in [-0.15, -0.1) is 0 Å². The van der Waals surface area contributed by atoms with Gasteiger partial charge in [-0.3, -0.25) is 9.48 Å². The van der Waals surface area contributed by atoms with Gasteiger partial charge in [-0.25, -0.2) is 0 Å². The Morgan fingerprint density at radius 1 is 1.56 bits per heavy atom. The minimum atomic E-state index is 0.0185. The Labute approximate surface area is 94.2 Å². The number of aromatic nitrogens is 2. The van der Waals surface area contributed by atoms with Gasteiger partial charge in [0.2, 0.25) is 0 Å². The van der Waals surface area contributed by atoms with Crippen molar-refractivity contribution in [2.45, 2.75) is 13.0 Å². The molecule has 0 spiro atoms. The SMILES string of the molecule is Cc1nn(C)cc1C(=O)NC1C2CNCC21. The molecule has 0 bridgehead atoms. The highest BCUT2D eigenvalue weighted by molar-refractivity contribution is 5.95. The Balaban J connectivity index is 1.68. The molecule has 2 heterocycles. The molecule has 2 unspecified atom stereocenters. The lowest BCUT2D eigenvalue weighted by molar-refractivity contribution is 0.0946. The largest absolute Gasteiger partial charge is 0.349 e. The molecule has 2 N–H and O–H groups in total. The van der Waals surface area contributed by atoms with Gasteiger partial charge in [0.05, 0.1) is 11.3 Å². The van der Waals surface area contributed by atoms with Gasteiger partial charge in [-0.2, -0.15) is 5.10 Å². The van der Waals surface area contributed by atoms with Crippen LogP contribution in [0.4, 0.5) is 0 Å². The molecule has 5 heteroatoms. The smallest absolute Gasteiger partial charge is 0.254 e. The number of carbonyl (C=O) groups is 1. The molecular formula is C11H16N4O. The molecule has 2 aliphatic rings. The zero-order chi connectivity index (χ0) is 11.3. The molecule has 0 radical (unpaired) electrons. The first-order chi connectivity index (χ1) is 7.66. The molecule has 1 amide bonds. The Bertz CT molecular complexity index is 429. The second kappa shape index (κ2) is 3.31. The molecule has 1 saturated carbocycles. The van der Waals surface area contributed by atoms with Crippen LogP contribution in [0.3, 0.4) is 0 Å². The van der Waals surface area contributed by atoms with E-state index in [2.05, 4.69) is 15.7 Å². The number of piperidine rings is 1. The predicted octanol–water partition coefficient (Wildman–Crippen LogP) is -0.324. The van der Waals surface area contributed by atoms with E-state index in [4.69, 9.17) is 0 Å². The summed E-state index contributed by atoms with van der Waals surface area (Å²) in [4.78, 5) is 12.0. The minimum absolute atomic E-state index is 0.0185. The molecule has 16 heavy (non-hydrogen) atoms. The average molecular weight is 220 g/mol. The maximum Gasteiger partial charge on any atom is 0.254 e. The van der Waals surface area contributed by atoms with E-state index in [1.165, 1.54) is 0 Å². The molecule has 1 aliphatic carbocycles. The van der Waals surface area contributed by atoms with Gasteiger partial charge >= 0.3 is 0 Å². The van der Waals surface area contributed by atoms with Gasteiger partial charge in [0, 0.05) is 32.4 Å². The van der Waals surface area contributed by atoms with Crippen molar-refractivity contribution in [2.24, 2.45) is 18.9 Å². The van der Waals surface area contributed by atoms with Crippen LogP contribution < -0.4 is 10.6 Å². The van der Waals surface area contributed by atoms with E-state index < -0.39 is 0 Å². The Hall–Kier alpha value is -1.36. The first-order valence-corrected chi connectivity index (χ1v) is 5.68. The summed E-state index contributed by atoms with van der Waals surface area (Å²) in [5.74, 6) is 1.33. The quantitative estimate of drug-likeness (QED) is 0.718. The number of hydrogen-bond acceptors (Lipinski definition) is 3. The highest BCUT2D eigenvalue weighted by Crippen LogP contribution is 2.41. The number of amides is 1. The summed E-state index contributed by atoms with van der Waals surface area (Å²) >= 11 is 0. The molecule has 1 aromatic rings. The fraction of sp³-hybridized carbons (Fsp3) is 0.636. The van der Waals surface area contributed by atoms with E-state index in [0.29, 0.717) is 23.4 Å². The standard InChI is InChI=1S/C11H16N4O/c1-6-9(5-15(2)14-6)11(16)13-10-7-3-12-4-8(7)10/h5,7-8,10,12H,3-4H2,1-2H3,(H,13,16). The summed E-state index contributed by atoms with van der Waals surface area (Å²) in [5.41, 5.74) is 1.49. The van der Waals surface area contributed by atoms with Crippen LogP contribution in [-0.2, 0) is 7.05 Å². The molecular weight excluding hydrogens is 204 g/mol. The number of nitrogens with zero attached hydrogens (tertiary/aromatic N) is 2. The van der Waals surface area contributed by atoms with Gasteiger partial charge in [0.15, 0.2) is 0 Å². The van der Waals surface area contributed by atoms with Gasteiger partial charge in [0.25, 0.3) is 5.91 Å². The van der Waals surface area contributed by atoms with Crippen LogP contribution in [0.15, 0.2) is 6.20 Å². The van der Waals surface area contributed by atoms with E-state index in [9.17, 15) is 4.79 Å². The van der Waals surface area contributed by atoms with E-state index in [-0.39, 0.29) is 5.91 Å². The summed E-state index contributed by atoms with van der Waals surface area (Å²) in [6, 6.07) is 0.383. The number of carbonyl (C=O) groups excluding carboxylic acids is 1. The fourth-order valence-corrected chi connectivity index (χ4v) is 2.68. The summed E-state index contributed by atoms with van der Waals surface area (Å²) < 4.78 is 1.68. The monoisotopic (exact) mass is 220 g/mol. The van der Waals surface area contributed by atoms with Gasteiger partial charge in [-0.05, 0) is 18.8 Å². The van der Waals surface area contributed by atoms with Crippen molar-refractivity contribution in [1.82, 2.24) is 20.4 Å². The predicted molar refractivity (Wildman–Crippen MR) is 59.0 cm³/mol. The molecule has 5 nitrogen and oxygen atoms in total. The second-order valence-corrected chi connectivity index (χ2v) is 4.79. The number of nitrogens with one attached hydrogen (secondary N) is 2. The van der Waals surface area contributed by atoms with E-state index in [0.717, 1.165) is 18.8 Å². The fourth-order valence-electron chi connectivity index (χ4n) is 2.68. The number of fused-ring (bicyclic) bond motifs is 1. The lowest BCUT2D eigenvalue weighted by Gasteiger charge is -2.06. The van der Waals surface area contributed by atoms with Crippen molar-refractivity contribution in [3.8, 4) is 0 Å². The highest BCUT2D eigenvalue weighted by Gasteiger charge is 2.53. The van der Waals surface area contributed by atoms with E-state index in [1.54, 1.807) is 10.9 Å². The summed E-state index contributed by atoms with van der Waals surface area (Å²) in [7, 11) is 1.83. The first kappa shape index (κ1) is 9.84. The van der Waals surface area contributed by atoms with Crippen molar-refractivity contribution in [1.29, 1.82) is 0 Å². The summed E-state index contributed by atoms with van der Waals surface area (Å²) in [5, 5.41) is 10.6. The molecule has 2 fully saturated rings. The summed E-state index contributed by atoms with van der Waals surface area (Å²) in [6.07, 6.45) is 1.78. The lowest BCUT2D eigenvalue weighted by atomic mass is 10.2. The van der Waals surface area contributed by atoms with Crippen molar-refractivity contribution in [3.05, 3.63) is 17.5 Å².